The van der Waals surface area contributed by atoms with Crippen LogP contribution in [-0.4, -0.2) is 4.98 Å². The molecular weight excluding hydrogens is 208 g/mol. The van der Waals surface area contributed by atoms with E-state index in [4.69, 9.17) is 5.26 Å². The maximum atomic E-state index is 7.32. The van der Waals surface area contributed by atoms with Gasteiger partial charge in [0.15, 0.2) is 0 Å². The summed E-state index contributed by atoms with van der Waals surface area (Å²) in [5, 5.41) is 8.60. The number of H-pyrrole nitrogens is 1. The third-order valence-corrected chi connectivity index (χ3v) is 2.46. The van der Waals surface area contributed by atoms with E-state index in [0.29, 0.717) is 0 Å². The monoisotopic (exact) mass is 226 g/mol. The highest BCUT2D eigenvalue weighted by Gasteiger charge is 1.97. The molecule has 1 heterocycles. The molecular formula is C15H18N2. The van der Waals surface area contributed by atoms with Crippen molar-refractivity contribution in [3.8, 4) is 6.07 Å². The summed E-state index contributed by atoms with van der Waals surface area (Å²) in [6.45, 7) is 7.42. The highest BCUT2D eigenvalue weighted by molar-refractivity contribution is 5.79. The molecule has 0 saturated carbocycles. The van der Waals surface area contributed by atoms with Crippen LogP contribution in [0.15, 0.2) is 42.6 Å². The molecule has 2 aromatic rings. The third kappa shape index (κ3) is 4.16. The molecule has 0 unspecified atom stereocenters. The number of rotatable bonds is 3. The molecule has 0 radical (unpaired) electrons. The van der Waals surface area contributed by atoms with Crippen molar-refractivity contribution in [1.82, 2.24) is 4.98 Å². The Hall–Kier alpha value is -2.01. The van der Waals surface area contributed by atoms with Crippen LogP contribution in [0.3, 0.4) is 0 Å². The summed E-state index contributed by atoms with van der Waals surface area (Å²) in [5.74, 6) is 0. The Labute approximate surface area is 103 Å². The zero-order valence-corrected chi connectivity index (χ0v) is 10.5. The largest absolute Gasteiger partial charge is 0.361 e. The van der Waals surface area contributed by atoms with E-state index in [1.807, 2.05) is 6.20 Å². The van der Waals surface area contributed by atoms with Crippen LogP contribution in [0.2, 0.25) is 0 Å². The van der Waals surface area contributed by atoms with E-state index >= 15 is 0 Å². The van der Waals surface area contributed by atoms with Gasteiger partial charge in [-0.25, -0.2) is 0 Å². The number of benzene rings is 1. The quantitative estimate of drug-likeness (QED) is 0.782. The molecule has 0 fully saturated rings. The lowest BCUT2D eigenvalue weighted by Gasteiger charge is -2.01. The number of hydrogen-bond donors (Lipinski definition) is 1. The van der Waals surface area contributed by atoms with Gasteiger partial charge in [-0.1, -0.05) is 17.7 Å². The summed E-state index contributed by atoms with van der Waals surface area (Å²) in [4.78, 5) is 3.23. The van der Waals surface area contributed by atoms with Crippen molar-refractivity contribution < 1.29 is 0 Å². The topological polar surface area (TPSA) is 39.6 Å². The van der Waals surface area contributed by atoms with Gasteiger partial charge in [-0.15, -0.1) is 6.58 Å². The Morgan fingerprint density at radius 2 is 2.12 bits per heavy atom. The van der Waals surface area contributed by atoms with E-state index in [0.717, 1.165) is 12.8 Å². The van der Waals surface area contributed by atoms with E-state index < -0.39 is 0 Å². The van der Waals surface area contributed by atoms with Gasteiger partial charge in [0.1, 0.15) is 0 Å². The highest BCUT2D eigenvalue weighted by Crippen LogP contribution is 2.16. The minimum atomic E-state index is 1.08. The molecule has 1 aromatic heterocycles. The Morgan fingerprint density at radius 3 is 2.76 bits per heavy atom. The van der Waals surface area contributed by atoms with Gasteiger partial charge in [0, 0.05) is 18.6 Å². The average Bonchev–Trinajstić information content (AvgIpc) is 2.74. The second kappa shape index (κ2) is 6.55. The lowest BCUT2D eigenvalue weighted by Crippen LogP contribution is -1.85. The van der Waals surface area contributed by atoms with E-state index in [2.05, 4.69) is 42.8 Å². The Kier molecular flexibility index (Phi) is 5.03. The Bertz CT molecular complexity index is 529. The molecule has 0 aliphatic rings. The van der Waals surface area contributed by atoms with Gasteiger partial charge in [0.2, 0.25) is 0 Å². The zero-order chi connectivity index (χ0) is 12.7. The van der Waals surface area contributed by atoms with Gasteiger partial charge >= 0.3 is 0 Å². The van der Waals surface area contributed by atoms with Gasteiger partial charge in [-0.2, -0.15) is 5.26 Å². The number of nitriles is 1. The van der Waals surface area contributed by atoms with Crippen molar-refractivity contribution in [1.29, 1.82) is 5.26 Å². The Morgan fingerprint density at radius 1 is 1.41 bits per heavy atom. The number of nitrogens with one attached hydrogen (secondary N) is 1. The smallest absolute Gasteiger partial charge is 0.0587 e. The fraction of sp³-hybridized carbons (Fsp3) is 0.267. The van der Waals surface area contributed by atoms with Crippen molar-refractivity contribution in [2.45, 2.75) is 26.7 Å². The molecule has 0 atom stereocenters. The van der Waals surface area contributed by atoms with Crippen LogP contribution in [0, 0.1) is 11.3 Å². The highest BCUT2D eigenvalue weighted by atomic mass is 14.7. The van der Waals surface area contributed by atoms with E-state index in [1.165, 1.54) is 29.0 Å². The van der Waals surface area contributed by atoms with Crippen LogP contribution in [0.4, 0.5) is 0 Å². The number of hydrogen-bond acceptors (Lipinski definition) is 1. The number of fused-ring (bicyclic) bond motifs is 1. The Balaban J connectivity index is 0.000000437. The zero-order valence-electron chi connectivity index (χ0n) is 10.5. The SMILES string of the molecule is C=C(C)CCc1ccc2cc[nH]c2c1.CC#N. The lowest BCUT2D eigenvalue weighted by atomic mass is 10.1. The number of aryl methyl sites for hydroxylation is 1. The standard InChI is InChI=1S/C13H15N.C2H3N/c1-10(2)3-4-11-5-6-12-7-8-14-13(12)9-11;1-2-3/h5-9,14H,1,3-4H2,2H3;1H3. The minimum Gasteiger partial charge on any atom is -0.361 e. The van der Waals surface area contributed by atoms with Gasteiger partial charge in [0.25, 0.3) is 0 Å². The molecule has 2 nitrogen and oxygen atoms in total. The molecule has 0 aliphatic heterocycles. The molecule has 2 rings (SSSR count). The maximum Gasteiger partial charge on any atom is 0.0587 e. The average molecular weight is 226 g/mol. The minimum absolute atomic E-state index is 1.08. The van der Waals surface area contributed by atoms with Crippen LogP contribution < -0.4 is 0 Å². The predicted octanol–water partition coefficient (Wildman–Crippen LogP) is 4.21. The summed E-state index contributed by atoms with van der Waals surface area (Å²) in [6, 6.07) is 10.4. The number of aromatic nitrogens is 1. The maximum absolute atomic E-state index is 7.32. The molecule has 1 aromatic carbocycles. The fourth-order valence-electron chi connectivity index (χ4n) is 1.61. The fourth-order valence-corrected chi connectivity index (χ4v) is 1.61. The van der Waals surface area contributed by atoms with Crippen LogP contribution in [0.25, 0.3) is 10.9 Å². The molecule has 0 aliphatic carbocycles. The molecule has 0 bridgehead atoms. The molecule has 2 heteroatoms. The molecule has 0 amide bonds. The summed E-state index contributed by atoms with van der Waals surface area (Å²) in [7, 11) is 0. The van der Waals surface area contributed by atoms with Gasteiger partial charge in [-0.3, -0.25) is 0 Å². The summed E-state index contributed by atoms with van der Waals surface area (Å²) >= 11 is 0. The molecule has 0 spiro atoms. The molecule has 0 saturated heterocycles. The molecule has 1 N–H and O–H groups in total. The molecule has 17 heavy (non-hydrogen) atoms. The second-order valence-electron chi connectivity index (χ2n) is 4.08. The summed E-state index contributed by atoms with van der Waals surface area (Å²) in [6.07, 6.45) is 4.14. The van der Waals surface area contributed by atoms with Crippen molar-refractivity contribution in [2.75, 3.05) is 0 Å². The summed E-state index contributed by atoms with van der Waals surface area (Å²) in [5.41, 5.74) is 3.85. The van der Waals surface area contributed by atoms with Crippen molar-refractivity contribution >= 4 is 10.9 Å². The second-order valence-corrected chi connectivity index (χ2v) is 4.08. The first-order valence-electron chi connectivity index (χ1n) is 5.68. The van der Waals surface area contributed by atoms with Crippen LogP contribution in [0.1, 0.15) is 25.8 Å². The van der Waals surface area contributed by atoms with Crippen LogP contribution >= 0.6 is 0 Å². The van der Waals surface area contributed by atoms with Crippen LogP contribution in [-0.2, 0) is 6.42 Å². The lowest BCUT2D eigenvalue weighted by molar-refractivity contribution is 0.947. The van der Waals surface area contributed by atoms with E-state index in [9.17, 15) is 0 Å². The number of nitrogens with zero attached hydrogens (tertiary/aromatic N) is 1. The van der Waals surface area contributed by atoms with Gasteiger partial charge in [-0.05, 0) is 42.8 Å². The number of allylic oxidation sites excluding steroid dienone is 1. The number of aromatic amines is 1. The van der Waals surface area contributed by atoms with Gasteiger partial charge in [0.05, 0.1) is 6.07 Å². The third-order valence-electron chi connectivity index (χ3n) is 2.46. The first kappa shape index (κ1) is 13.1. The normalized spacial score (nSPS) is 9.24. The predicted molar refractivity (Wildman–Crippen MR) is 72.7 cm³/mol. The molecule has 88 valence electrons. The van der Waals surface area contributed by atoms with Crippen molar-refractivity contribution in [2.24, 2.45) is 0 Å². The van der Waals surface area contributed by atoms with Crippen LogP contribution in [0.5, 0.6) is 0 Å². The van der Waals surface area contributed by atoms with Gasteiger partial charge < -0.3 is 4.98 Å². The van der Waals surface area contributed by atoms with Crippen molar-refractivity contribution in [3.63, 3.8) is 0 Å². The van der Waals surface area contributed by atoms with E-state index in [1.54, 1.807) is 6.07 Å². The first-order chi connectivity index (χ1) is 8.17. The summed E-state index contributed by atoms with van der Waals surface area (Å²) < 4.78 is 0. The van der Waals surface area contributed by atoms with E-state index in [-0.39, 0.29) is 0 Å². The van der Waals surface area contributed by atoms with Crippen molar-refractivity contribution in [3.05, 3.63) is 48.2 Å². The first-order valence-corrected chi connectivity index (χ1v) is 5.68.